The maximum atomic E-state index is 10.3. The van der Waals surface area contributed by atoms with Crippen molar-refractivity contribution in [2.75, 3.05) is 19.8 Å². The fourth-order valence-electron chi connectivity index (χ4n) is 0.950. The van der Waals surface area contributed by atoms with E-state index < -0.39 is 0 Å². The molecule has 4 nitrogen and oxygen atoms in total. The standard InChI is InChI=1S/C7H10O4/c8-7-1-5(11-7)2-9-3-6-4-10-6/h5-6H,1-4H2. The van der Waals surface area contributed by atoms with E-state index in [0.717, 1.165) is 6.61 Å². The van der Waals surface area contributed by atoms with Crippen LogP contribution >= 0.6 is 0 Å². The van der Waals surface area contributed by atoms with E-state index in [9.17, 15) is 4.79 Å². The summed E-state index contributed by atoms with van der Waals surface area (Å²) in [5.74, 6) is -0.124. The highest BCUT2D eigenvalue weighted by Crippen LogP contribution is 2.14. The minimum atomic E-state index is -0.124. The summed E-state index contributed by atoms with van der Waals surface area (Å²) in [6, 6.07) is 0. The molecular formula is C7H10O4. The fraction of sp³-hybridized carbons (Fsp3) is 0.857. The van der Waals surface area contributed by atoms with Gasteiger partial charge in [-0.2, -0.15) is 0 Å². The molecule has 0 bridgehead atoms. The van der Waals surface area contributed by atoms with Crippen LogP contribution in [0.4, 0.5) is 0 Å². The zero-order valence-electron chi connectivity index (χ0n) is 6.12. The Balaban J connectivity index is 1.50. The second kappa shape index (κ2) is 2.79. The van der Waals surface area contributed by atoms with Gasteiger partial charge in [-0.15, -0.1) is 0 Å². The quantitative estimate of drug-likeness (QED) is 0.417. The topological polar surface area (TPSA) is 48.1 Å². The Bertz CT molecular complexity index is 156. The first-order valence-corrected chi connectivity index (χ1v) is 3.73. The normalized spacial score (nSPS) is 34.4. The fourth-order valence-corrected chi connectivity index (χ4v) is 0.950. The highest BCUT2D eigenvalue weighted by atomic mass is 16.6. The first-order valence-electron chi connectivity index (χ1n) is 3.73. The van der Waals surface area contributed by atoms with Crippen LogP contribution in [0.15, 0.2) is 0 Å². The molecule has 2 heterocycles. The maximum absolute atomic E-state index is 10.3. The van der Waals surface area contributed by atoms with Crippen molar-refractivity contribution in [3.63, 3.8) is 0 Å². The number of cyclic esters (lactones) is 1. The van der Waals surface area contributed by atoms with Crippen LogP contribution in [0.3, 0.4) is 0 Å². The van der Waals surface area contributed by atoms with E-state index in [1.165, 1.54) is 0 Å². The molecule has 2 fully saturated rings. The zero-order valence-corrected chi connectivity index (χ0v) is 6.12. The summed E-state index contributed by atoms with van der Waals surface area (Å²) in [7, 11) is 0. The molecule has 0 amide bonds. The third-order valence-corrected chi connectivity index (χ3v) is 1.70. The largest absolute Gasteiger partial charge is 0.459 e. The highest BCUT2D eigenvalue weighted by molar-refractivity contribution is 5.75. The van der Waals surface area contributed by atoms with E-state index in [0.29, 0.717) is 25.7 Å². The van der Waals surface area contributed by atoms with Crippen molar-refractivity contribution in [2.24, 2.45) is 0 Å². The second-order valence-corrected chi connectivity index (χ2v) is 2.81. The number of hydrogen-bond donors (Lipinski definition) is 0. The molecule has 2 atom stereocenters. The third kappa shape index (κ3) is 1.91. The summed E-state index contributed by atoms with van der Waals surface area (Å²) >= 11 is 0. The summed E-state index contributed by atoms with van der Waals surface area (Å²) in [5.41, 5.74) is 0. The number of carbonyl (C=O) groups excluding carboxylic acids is 1. The van der Waals surface area contributed by atoms with Gasteiger partial charge in [-0.1, -0.05) is 0 Å². The summed E-state index contributed by atoms with van der Waals surface area (Å²) in [5, 5.41) is 0. The number of carbonyl (C=O) groups is 1. The van der Waals surface area contributed by atoms with E-state index in [1.807, 2.05) is 0 Å². The first-order chi connectivity index (χ1) is 5.34. The number of esters is 1. The molecule has 0 spiro atoms. The molecule has 0 N–H and O–H groups in total. The van der Waals surface area contributed by atoms with Gasteiger partial charge >= 0.3 is 5.97 Å². The molecule has 2 unspecified atom stereocenters. The van der Waals surface area contributed by atoms with E-state index in [4.69, 9.17) is 14.2 Å². The van der Waals surface area contributed by atoms with E-state index in [1.54, 1.807) is 0 Å². The number of epoxide rings is 1. The Kier molecular flexibility index (Phi) is 1.79. The Morgan fingerprint density at radius 1 is 1.45 bits per heavy atom. The molecule has 0 saturated carbocycles. The molecule has 2 saturated heterocycles. The highest BCUT2D eigenvalue weighted by Gasteiger charge is 2.29. The lowest BCUT2D eigenvalue weighted by Gasteiger charge is -2.24. The summed E-state index contributed by atoms with van der Waals surface area (Å²) in [4.78, 5) is 10.3. The summed E-state index contributed by atoms with van der Waals surface area (Å²) in [6.07, 6.45) is 0.804. The van der Waals surface area contributed by atoms with E-state index in [2.05, 4.69) is 0 Å². The third-order valence-electron chi connectivity index (χ3n) is 1.70. The van der Waals surface area contributed by atoms with Crippen LogP contribution in [0.1, 0.15) is 6.42 Å². The van der Waals surface area contributed by atoms with Crippen molar-refractivity contribution in [1.29, 1.82) is 0 Å². The van der Waals surface area contributed by atoms with Crippen molar-refractivity contribution in [3.05, 3.63) is 0 Å². The summed E-state index contributed by atoms with van der Waals surface area (Å²) < 4.78 is 14.9. The van der Waals surface area contributed by atoms with Crippen molar-refractivity contribution < 1.29 is 19.0 Å². The number of rotatable bonds is 4. The average Bonchev–Trinajstić information content (AvgIpc) is 2.67. The van der Waals surface area contributed by atoms with Gasteiger partial charge in [0.25, 0.3) is 0 Å². The molecule has 0 aromatic heterocycles. The second-order valence-electron chi connectivity index (χ2n) is 2.81. The van der Waals surface area contributed by atoms with Gasteiger partial charge in [0.05, 0.1) is 26.2 Å². The molecule has 62 valence electrons. The minimum Gasteiger partial charge on any atom is -0.459 e. The van der Waals surface area contributed by atoms with Crippen LogP contribution in [-0.2, 0) is 19.0 Å². The lowest BCUT2D eigenvalue weighted by atomic mass is 10.2. The molecule has 2 aliphatic heterocycles. The predicted molar refractivity (Wildman–Crippen MR) is 35.1 cm³/mol. The van der Waals surface area contributed by atoms with Crippen molar-refractivity contribution in [2.45, 2.75) is 18.6 Å². The van der Waals surface area contributed by atoms with Crippen LogP contribution in [0.25, 0.3) is 0 Å². The van der Waals surface area contributed by atoms with Crippen molar-refractivity contribution >= 4 is 5.97 Å². The van der Waals surface area contributed by atoms with E-state index in [-0.39, 0.29) is 12.1 Å². The predicted octanol–water partition coefficient (Wildman–Crippen LogP) is -0.283. The van der Waals surface area contributed by atoms with Crippen molar-refractivity contribution in [1.82, 2.24) is 0 Å². The Hall–Kier alpha value is -0.610. The van der Waals surface area contributed by atoms with Crippen LogP contribution in [0.2, 0.25) is 0 Å². The van der Waals surface area contributed by atoms with Gasteiger partial charge in [-0.05, 0) is 0 Å². The zero-order chi connectivity index (χ0) is 7.68. The van der Waals surface area contributed by atoms with Gasteiger partial charge in [0.15, 0.2) is 0 Å². The van der Waals surface area contributed by atoms with Crippen LogP contribution in [-0.4, -0.2) is 38.0 Å². The number of hydrogen-bond acceptors (Lipinski definition) is 4. The lowest BCUT2D eigenvalue weighted by Crippen LogP contribution is -2.36. The molecule has 0 aromatic carbocycles. The molecule has 4 heteroatoms. The Morgan fingerprint density at radius 3 is 2.64 bits per heavy atom. The van der Waals surface area contributed by atoms with Gasteiger partial charge in [0, 0.05) is 0 Å². The Labute approximate surface area is 64.4 Å². The number of ether oxygens (including phenoxy) is 3. The van der Waals surface area contributed by atoms with E-state index >= 15 is 0 Å². The van der Waals surface area contributed by atoms with Gasteiger partial charge < -0.3 is 14.2 Å². The SMILES string of the molecule is O=C1CC(COCC2CO2)O1. The minimum absolute atomic E-state index is 0.00116. The average molecular weight is 158 g/mol. The lowest BCUT2D eigenvalue weighted by molar-refractivity contribution is -0.175. The molecule has 11 heavy (non-hydrogen) atoms. The van der Waals surface area contributed by atoms with Crippen LogP contribution in [0.5, 0.6) is 0 Å². The van der Waals surface area contributed by atoms with Gasteiger partial charge in [0.1, 0.15) is 12.2 Å². The maximum Gasteiger partial charge on any atom is 0.310 e. The Morgan fingerprint density at radius 2 is 2.09 bits per heavy atom. The molecular weight excluding hydrogens is 148 g/mol. The van der Waals surface area contributed by atoms with Crippen LogP contribution in [0, 0.1) is 0 Å². The van der Waals surface area contributed by atoms with Crippen LogP contribution < -0.4 is 0 Å². The molecule has 0 aliphatic carbocycles. The smallest absolute Gasteiger partial charge is 0.310 e. The van der Waals surface area contributed by atoms with Crippen molar-refractivity contribution in [3.8, 4) is 0 Å². The van der Waals surface area contributed by atoms with Gasteiger partial charge in [0.2, 0.25) is 0 Å². The summed E-state index contributed by atoms with van der Waals surface area (Å²) in [6.45, 7) is 1.96. The molecule has 2 aliphatic rings. The monoisotopic (exact) mass is 158 g/mol. The molecule has 0 aromatic rings. The first kappa shape index (κ1) is 7.06. The van der Waals surface area contributed by atoms with Gasteiger partial charge in [-0.25, -0.2) is 0 Å². The molecule has 2 rings (SSSR count). The molecule has 0 radical (unpaired) electrons. The van der Waals surface area contributed by atoms with Gasteiger partial charge in [-0.3, -0.25) is 4.79 Å².